The van der Waals surface area contributed by atoms with E-state index in [4.69, 9.17) is 0 Å². The summed E-state index contributed by atoms with van der Waals surface area (Å²) in [6.07, 6.45) is 0. The molecule has 3 aromatic heterocycles. The lowest BCUT2D eigenvalue weighted by atomic mass is 10.1. The van der Waals surface area contributed by atoms with E-state index in [0.717, 1.165) is 50.0 Å². The zero-order valence-electron chi connectivity index (χ0n) is 15.5. The molecule has 3 aromatic rings. The SMILES string of the molecule is O=C(NCc1cccs1)c1nnc2n1CCN1CCN(Cc3cccs3)CC21. The maximum Gasteiger partial charge on any atom is 0.289 e. The van der Waals surface area contributed by atoms with Crippen molar-refractivity contribution < 1.29 is 4.79 Å². The van der Waals surface area contributed by atoms with E-state index in [1.54, 1.807) is 22.7 Å². The highest BCUT2D eigenvalue weighted by molar-refractivity contribution is 7.10. The molecule has 146 valence electrons. The van der Waals surface area contributed by atoms with Crippen molar-refractivity contribution in [2.24, 2.45) is 0 Å². The van der Waals surface area contributed by atoms with E-state index in [0.29, 0.717) is 12.4 Å². The van der Waals surface area contributed by atoms with Crippen molar-refractivity contribution in [3.63, 3.8) is 0 Å². The van der Waals surface area contributed by atoms with Gasteiger partial charge in [0.2, 0.25) is 5.82 Å². The lowest BCUT2D eigenvalue weighted by Gasteiger charge is -2.43. The molecule has 1 unspecified atom stereocenters. The standard InChI is InChI=1S/C19H22N6OS2/c26-19(20-11-14-3-1-9-27-14)18-22-21-17-16-13-23(12-15-4-2-10-28-15)5-6-24(16)7-8-25(17)18/h1-4,9-10,16H,5-8,11-13H2,(H,20,26). The fourth-order valence-electron chi connectivity index (χ4n) is 3.99. The molecular formula is C19H22N6OS2. The van der Waals surface area contributed by atoms with Gasteiger partial charge in [-0.05, 0) is 22.9 Å². The molecule has 28 heavy (non-hydrogen) atoms. The molecule has 0 aliphatic carbocycles. The molecule has 1 N–H and O–H groups in total. The van der Waals surface area contributed by atoms with Gasteiger partial charge in [0.15, 0.2) is 5.82 Å². The molecule has 2 aliphatic rings. The minimum absolute atomic E-state index is 0.146. The molecule has 0 radical (unpaired) electrons. The predicted octanol–water partition coefficient (Wildman–Crippen LogP) is 2.20. The number of rotatable bonds is 5. The first-order chi connectivity index (χ1) is 13.8. The molecule has 1 fully saturated rings. The highest BCUT2D eigenvalue weighted by atomic mass is 32.1. The third-order valence-corrected chi connectivity index (χ3v) is 7.17. The van der Waals surface area contributed by atoms with Crippen molar-refractivity contribution in [3.05, 3.63) is 56.4 Å². The lowest BCUT2D eigenvalue weighted by molar-refractivity contribution is 0.0463. The van der Waals surface area contributed by atoms with Crippen LogP contribution >= 0.6 is 22.7 Å². The first-order valence-corrected chi connectivity index (χ1v) is 11.3. The average Bonchev–Trinajstić information content (AvgIpc) is 3.47. The van der Waals surface area contributed by atoms with Crippen LogP contribution in [0.5, 0.6) is 0 Å². The predicted molar refractivity (Wildman–Crippen MR) is 109 cm³/mol. The van der Waals surface area contributed by atoms with Gasteiger partial charge in [0, 0.05) is 49.0 Å². The lowest BCUT2D eigenvalue weighted by Crippen LogP contribution is -2.52. The second-order valence-corrected chi connectivity index (χ2v) is 9.23. The molecule has 5 rings (SSSR count). The van der Waals surface area contributed by atoms with Gasteiger partial charge in [-0.2, -0.15) is 0 Å². The van der Waals surface area contributed by atoms with Gasteiger partial charge in [0.1, 0.15) is 0 Å². The fourth-order valence-corrected chi connectivity index (χ4v) is 5.38. The van der Waals surface area contributed by atoms with Gasteiger partial charge < -0.3 is 9.88 Å². The van der Waals surface area contributed by atoms with Gasteiger partial charge in [0.05, 0.1) is 12.6 Å². The second-order valence-electron chi connectivity index (χ2n) is 7.16. The smallest absolute Gasteiger partial charge is 0.289 e. The number of hydrogen-bond acceptors (Lipinski definition) is 7. The third-order valence-electron chi connectivity index (χ3n) is 5.43. The number of carbonyl (C=O) groups is 1. The molecule has 7 nitrogen and oxygen atoms in total. The molecule has 2 aliphatic heterocycles. The topological polar surface area (TPSA) is 66.3 Å². The van der Waals surface area contributed by atoms with Gasteiger partial charge in [-0.3, -0.25) is 14.6 Å². The van der Waals surface area contributed by atoms with E-state index in [9.17, 15) is 4.79 Å². The van der Waals surface area contributed by atoms with Crippen LogP contribution in [-0.4, -0.2) is 56.7 Å². The average molecular weight is 415 g/mol. The van der Waals surface area contributed by atoms with Gasteiger partial charge in [0.25, 0.3) is 5.91 Å². The summed E-state index contributed by atoms with van der Waals surface area (Å²) in [6, 6.07) is 8.51. The quantitative estimate of drug-likeness (QED) is 0.693. The van der Waals surface area contributed by atoms with Crippen molar-refractivity contribution in [2.75, 3.05) is 26.2 Å². The van der Waals surface area contributed by atoms with Crippen LogP contribution in [0.15, 0.2) is 35.0 Å². The molecule has 0 saturated carbocycles. The van der Waals surface area contributed by atoms with E-state index >= 15 is 0 Å². The fraction of sp³-hybridized carbons (Fsp3) is 0.421. The Morgan fingerprint density at radius 2 is 1.86 bits per heavy atom. The maximum absolute atomic E-state index is 12.7. The molecule has 1 atom stereocenters. The number of aromatic nitrogens is 3. The number of amides is 1. The molecule has 1 amide bonds. The van der Waals surface area contributed by atoms with Crippen molar-refractivity contribution in [3.8, 4) is 0 Å². The molecular weight excluding hydrogens is 392 g/mol. The van der Waals surface area contributed by atoms with Crippen molar-refractivity contribution in [1.29, 1.82) is 0 Å². The summed E-state index contributed by atoms with van der Waals surface area (Å²) in [7, 11) is 0. The van der Waals surface area contributed by atoms with Crippen LogP contribution in [0.1, 0.15) is 32.2 Å². The van der Waals surface area contributed by atoms with E-state index in [1.807, 2.05) is 22.1 Å². The zero-order valence-corrected chi connectivity index (χ0v) is 17.1. The van der Waals surface area contributed by atoms with Crippen LogP contribution in [0.2, 0.25) is 0 Å². The Hall–Kier alpha value is -2.07. The minimum Gasteiger partial charge on any atom is -0.344 e. The van der Waals surface area contributed by atoms with Crippen LogP contribution in [-0.2, 0) is 19.6 Å². The normalized spacial score (nSPS) is 19.9. The monoisotopic (exact) mass is 414 g/mol. The molecule has 9 heteroatoms. The summed E-state index contributed by atoms with van der Waals surface area (Å²) >= 11 is 3.44. The number of piperazine rings is 1. The summed E-state index contributed by atoms with van der Waals surface area (Å²) in [5.41, 5.74) is 0. The van der Waals surface area contributed by atoms with E-state index in [2.05, 4.69) is 42.8 Å². The number of hydrogen-bond donors (Lipinski definition) is 1. The Balaban J connectivity index is 1.30. The summed E-state index contributed by atoms with van der Waals surface area (Å²) in [6.45, 7) is 6.23. The number of carbonyl (C=O) groups excluding carboxylic acids is 1. The Kier molecular flexibility index (Phi) is 4.98. The van der Waals surface area contributed by atoms with Crippen LogP contribution in [0, 0.1) is 0 Å². The second kappa shape index (κ2) is 7.75. The first kappa shape index (κ1) is 18.0. The number of nitrogens with one attached hydrogen (secondary N) is 1. The molecule has 0 spiro atoms. The maximum atomic E-state index is 12.7. The van der Waals surface area contributed by atoms with E-state index in [-0.39, 0.29) is 11.9 Å². The van der Waals surface area contributed by atoms with Crippen molar-refractivity contribution in [2.45, 2.75) is 25.7 Å². The van der Waals surface area contributed by atoms with Gasteiger partial charge >= 0.3 is 0 Å². The first-order valence-electron chi connectivity index (χ1n) is 9.50. The van der Waals surface area contributed by atoms with Crippen LogP contribution in [0.25, 0.3) is 0 Å². The number of fused-ring (bicyclic) bond motifs is 3. The van der Waals surface area contributed by atoms with E-state index < -0.39 is 0 Å². The van der Waals surface area contributed by atoms with Gasteiger partial charge in [-0.25, -0.2) is 0 Å². The molecule has 0 aromatic carbocycles. The van der Waals surface area contributed by atoms with Crippen molar-refractivity contribution >= 4 is 28.6 Å². The van der Waals surface area contributed by atoms with Crippen LogP contribution in [0.3, 0.4) is 0 Å². The molecule has 5 heterocycles. The molecule has 1 saturated heterocycles. The van der Waals surface area contributed by atoms with Crippen LogP contribution in [0.4, 0.5) is 0 Å². The van der Waals surface area contributed by atoms with Crippen molar-refractivity contribution in [1.82, 2.24) is 29.9 Å². The van der Waals surface area contributed by atoms with E-state index in [1.165, 1.54) is 4.88 Å². The molecule has 0 bridgehead atoms. The van der Waals surface area contributed by atoms with Gasteiger partial charge in [-0.1, -0.05) is 12.1 Å². The Morgan fingerprint density at radius 1 is 1.07 bits per heavy atom. The number of thiophene rings is 2. The Bertz CT molecular complexity index is 936. The summed E-state index contributed by atoms with van der Waals surface area (Å²) < 4.78 is 2.01. The highest BCUT2D eigenvalue weighted by Gasteiger charge is 2.36. The largest absolute Gasteiger partial charge is 0.344 e. The number of nitrogens with zero attached hydrogens (tertiary/aromatic N) is 5. The highest BCUT2D eigenvalue weighted by Crippen LogP contribution is 2.29. The third kappa shape index (κ3) is 3.50. The summed E-state index contributed by atoms with van der Waals surface area (Å²) in [5, 5.41) is 15.8. The minimum atomic E-state index is -0.146. The zero-order chi connectivity index (χ0) is 18.9. The van der Waals surface area contributed by atoms with Gasteiger partial charge in [-0.15, -0.1) is 32.9 Å². The van der Waals surface area contributed by atoms with Crippen LogP contribution < -0.4 is 5.32 Å². The Labute approximate surface area is 171 Å². The summed E-state index contributed by atoms with van der Waals surface area (Å²) in [4.78, 5) is 20.1. The Morgan fingerprint density at radius 3 is 2.64 bits per heavy atom. The summed E-state index contributed by atoms with van der Waals surface area (Å²) in [5.74, 6) is 1.21.